The van der Waals surface area contributed by atoms with Crippen molar-refractivity contribution >= 4 is 17.5 Å². The number of likely N-dealkylation sites (tertiary alicyclic amines) is 1. The fourth-order valence-corrected chi connectivity index (χ4v) is 4.48. The van der Waals surface area contributed by atoms with Gasteiger partial charge < -0.3 is 10.0 Å². The van der Waals surface area contributed by atoms with Gasteiger partial charge in [0.2, 0.25) is 5.91 Å². The number of fused-ring (bicyclic) bond motifs is 2. The Morgan fingerprint density at radius 3 is 2.81 bits per heavy atom. The zero-order chi connectivity index (χ0) is 18.3. The van der Waals surface area contributed by atoms with Crippen LogP contribution in [0.2, 0.25) is 0 Å². The van der Waals surface area contributed by atoms with E-state index in [-0.39, 0.29) is 36.5 Å². The van der Waals surface area contributed by atoms with Gasteiger partial charge in [-0.15, -0.1) is 5.10 Å². The predicted molar refractivity (Wildman–Crippen MR) is 92.7 cm³/mol. The Kier molecular flexibility index (Phi) is 4.26. The number of rotatable bonds is 4. The van der Waals surface area contributed by atoms with Crippen LogP contribution in [0, 0.1) is 5.92 Å². The van der Waals surface area contributed by atoms with E-state index in [1.165, 1.54) is 9.08 Å². The van der Waals surface area contributed by atoms with Crippen LogP contribution < -0.4 is 5.69 Å². The third-order valence-electron chi connectivity index (χ3n) is 5.69. The lowest BCUT2D eigenvalue weighted by Gasteiger charge is -2.33. The molecule has 3 atom stereocenters. The minimum Gasteiger partial charge on any atom is -0.480 e. The molecular formula is C18H22N4O4. The Balaban J connectivity index is 1.51. The Morgan fingerprint density at radius 2 is 2.04 bits per heavy atom. The maximum atomic E-state index is 12.8. The van der Waals surface area contributed by atoms with Crippen LogP contribution in [0.5, 0.6) is 0 Å². The first-order valence-corrected chi connectivity index (χ1v) is 9.14. The molecule has 0 bridgehead atoms. The van der Waals surface area contributed by atoms with Crippen LogP contribution in [0.3, 0.4) is 0 Å². The lowest BCUT2D eigenvalue weighted by atomic mass is 9.84. The molecule has 0 spiro atoms. The standard InChI is InChI=1S/C18H22N4O4/c23-16(8-10-21-18(26)20-9-4-3-7-15(20)19-21)22-13-6-2-1-5-12(13)11-14(22)17(24)25/h3-4,7,9,12-14H,1-2,5-6,8,10-11H2,(H,24,25)/t12-,13-,14-/m0/s1. The van der Waals surface area contributed by atoms with Crippen molar-refractivity contribution in [2.24, 2.45) is 5.92 Å². The fourth-order valence-electron chi connectivity index (χ4n) is 4.48. The molecule has 4 rings (SSSR count). The van der Waals surface area contributed by atoms with Gasteiger partial charge in [-0.05, 0) is 37.3 Å². The molecule has 138 valence electrons. The molecule has 1 saturated heterocycles. The zero-order valence-corrected chi connectivity index (χ0v) is 14.5. The molecule has 1 saturated carbocycles. The molecule has 0 radical (unpaired) electrons. The first-order chi connectivity index (χ1) is 12.6. The van der Waals surface area contributed by atoms with Crippen LogP contribution in [0.15, 0.2) is 29.2 Å². The van der Waals surface area contributed by atoms with Crippen molar-refractivity contribution in [2.75, 3.05) is 0 Å². The van der Waals surface area contributed by atoms with Gasteiger partial charge in [-0.3, -0.25) is 9.20 Å². The molecular weight excluding hydrogens is 336 g/mol. The van der Waals surface area contributed by atoms with Gasteiger partial charge in [0.05, 0.1) is 6.54 Å². The molecule has 8 nitrogen and oxygen atoms in total. The molecule has 0 aromatic carbocycles. The quantitative estimate of drug-likeness (QED) is 0.884. The van der Waals surface area contributed by atoms with Gasteiger partial charge >= 0.3 is 11.7 Å². The molecule has 2 fully saturated rings. The number of nitrogens with zero attached hydrogens (tertiary/aromatic N) is 4. The van der Waals surface area contributed by atoms with E-state index in [0.717, 1.165) is 25.7 Å². The monoisotopic (exact) mass is 358 g/mol. The van der Waals surface area contributed by atoms with Gasteiger partial charge in [0.15, 0.2) is 5.65 Å². The number of amides is 1. The maximum Gasteiger partial charge on any atom is 0.350 e. The third kappa shape index (κ3) is 2.79. The van der Waals surface area contributed by atoms with E-state index in [0.29, 0.717) is 12.1 Å². The number of carboxylic acid groups (broad SMARTS) is 1. The van der Waals surface area contributed by atoms with Gasteiger partial charge in [-0.25, -0.2) is 14.3 Å². The molecule has 1 amide bonds. The second kappa shape index (κ2) is 6.59. The summed E-state index contributed by atoms with van der Waals surface area (Å²) < 4.78 is 2.70. The second-order valence-electron chi connectivity index (χ2n) is 7.19. The highest BCUT2D eigenvalue weighted by atomic mass is 16.4. The molecule has 26 heavy (non-hydrogen) atoms. The highest BCUT2D eigenvalue weighted by Crippen LogP contribution is 2.40. The van der Waals surface area contributed by atoms with Crippen molar-refractivity contribution in [1.82, 2.24) is 19.1 Å². The molecule has 3 heterocycles. The number of carboxylic acids is 1. The van der Waals surface area contributed by atoms with Gasteiger partial charge in [0.25, 0.3) is 0 Å². The number of aryl methyl sites for hydroxylation is 1. The second-order valence-corrected chi connectivity index (χ2v) is 7.19. The van der Waals surface area contributed by atoms with E-state index in [1.54, 1.807) is 29.3 Å². The van der Waals surface area contributed by atoms with Crippen LogP contribution in [-0.4, -0.2) is 48.1 Å². The fraction of sp³-hybridized carbons (Fsp3) is 0.556. The predicted octanol–water partition coefficient (Wildman–Crippen LogP) is 1.13. The van der Waals surface area contributed by atoms with Crippen LogP contribution in [0.1, 0.15) is 38.5 Å². The number of pyridine rings is 1. The summed E-state index contributed by atoms with van der Waals surface area (Å²) in [4.78, 5) is 38.4. The number of aliphatic carboxylic acids is 1. The SMILES string of the molecule is O=C(O)[C@@H]1C[C@@H]2CCCC[C@@H]2N1C(=O)CCn1nc2ccccn2c1=O. The zero-order valence-electron chi connectivity index (χ0n) is 14.5. The van der Waals surface area contributed by atoms with Crippen LogP contribution in [0.4, 0.5) is 0 Å². The summed E-state index contributed by atoms with van der Waals surface area (Å²) in [7, 11) is 0. The van der Waals surface area contributed by atoms with Crippen molar-refractivity contribution in [2.45, 2.75) is 57.2 Å². The summed E-state index contributed by atoms with van der Waals surface area (Å²) >= 11 is 0. The van der Waals surface area contributed by atoms with E-state index >= 15 is 0 Å². The van der Waals surface area contributed by atoms with Crippen LogP contribution >= 0.6 is 0 Å². The molecule has 1 aliphatic heterocycles. The van der Waals surface area contributed by atoms with Gasteiger partial charge in [0, 0.05) is 18.7 Å². The van der Waals surface area contributed by atoms with E-state index in [2.05, 4.69) is 5.10 Å². The molecule has 0 unspecified atom stereocenters. The van der Waals surface area contributed by atoms with Crippen molar-refractivity contribution in [3.8, 4) is 0 Å². The minimum atomic E-state index is -0.933. The topological polar surface area (TPSA) is 96.9 Å². The summed E-state index contributed by atoms with van der Waals surface area (Å²) in [6, 6.07) is 4.55. The average molecular weight is 358 g/mol. The highest BCUT2D eigenvalue weighted by molar-refractivity contribution is 5.84. The van der Waals surface area contributed by atoms with Crippen molar-refractivity contribution in [1.29, 1.82) is 0 Å². The maximum absolute atomic E-state index is 12.8. The number of hydrogen-bond acceptors (Lipinski definition) is 4. The molecule has 2 aromatic heterocycles. The largest absolute Gasteiger partial charge is 0.480 e. The minimum absolute atomic E-state index is 0.0233. The number of carbonyl (C=O) groups is 2. The summed E-state index contributed by atoms with van der Waals surface area (Å²) in [6.45, 7) is 0.152. The van der Waals surface area contributed by atoms with Gasteiger partial charge in [0.1, 0.15) is 6.04 Å². The number of carbonyl (C=O) groups excluding carboxylic acids is 1. The van der Waals surface area contributed by atoms with Gasteiger partial charge in [-0.1, -0.05) is 18.9 Å². The Morgan fingerprint density at radius 1 is 1.23 bits per heavy atom. The van der Waals surface area contributed by atoms with Crippen LogP contribution in [-0.2, 0) is 16.1 Å². The van der Waals surface area contributed by atoms with Crippen molar-refractivity contribution < 1.29 is 14.7 Å². The molecule has 1 aliphatic carbocycles. The van der Waals surface area contributed by atoms with Crippen LogP contribution in [0.25, 0.3) is 5.65 Å². The van der Waals surface area contributed by atoms with E-state index < -0.39 is 12.0 Å². The first-order valence-electron chi connectivity index (χ1n) is 9.14. The molecule has 8 heteroatoms. The lowest BCUT2D eigenvalue weighted by Crippen LogP contribution is -2.46. The molecule has 2 aliphatic rings. The molecule has 1 N–H and O–H groups in total. The van der Waals surface area contributed by atoms with E-state index in [9.17, 15) is 19.5 Å². The lowest BCUT2D eigenvalue weighted by molar-refractivity contribution is -0.150. The highest BCUT2D eigenvalue weighted by Gasteiger charge is 2.47. The number of aromatic nitrogens is 3. The Hall–Kier alpha value is -2.64. The number of hydrogen-bond donors (Lipinski definition) is 1. The molecule has 2 aromatic rings. The third-order valence-corrected chi connectivity index (χ3v) is 5.69. The summed E-state index contributed by atoms with van der Waals surface area (Å²) in [5.41, 5.74) is 0.238. The smallest absolute Gasteiger partial charge is 0.350 e. The Labute approximate surface area is 150 Å². The average Bonchev–Trinajstić information content (AvgIpc) is 3.18. The summed E-state index contributed by atoms with van der Waals surface area (Å²) in [5.74, 6) is -0.847. The van der Waals surface area contributed by atoms with Crippen molar-refractivity contribution in [3.63, 3.8) is 0 Å². The Bertz CT molecular complexity index is 902. The summed E-state index contributed by atoms with van der Waals surface area (Å²) in [6.07, 6.45) is 6.25. The summed E-state index contributed by atoms with van der Waals surface area (Å²) in [5, 5.41) is 13.8. The van der Waals surface area contributed by atoms with E-state index in [1.807, 2.05) is 0 Å². The van der Waals surface area contributed by atoms with Gasteiger partial charge in [-0.2, -0.15) is 0 Å². The normalized spacial score (nSPS) is 25.4. The van der Waals surface area contributed by atoms with Crippen molar-refractivity contribution in [3.05, 3.63) is 34.9 Å². The van der Waals surface area contributed by atoms with E-state index in [4.69, 9.17) is 0 Å². The first kappa shape index (κ1) is 16.8.